The third-order valence-electron chi connectivity index (χ3n) is 0.575. The zero-order chi connectivity index (χ0) is 4.83. The van der Waals surface area contributed by atoms with Crippen molar-refractivity contribution in [3.8, 4) is 0 Å². The maximum atomic E-state index is 4.59. The van der Waals surface area contributed by atoms with Crippen LogP contribution in [0.15, 0.2) is 0 Å². The summed E-state index contributed by atoms with van der Waals surface area (Å²) in [5.74, 6) is 0. The molecule has 0 amide bonds. The number of unbranched alkanes of at least 4 members (excludes halogenated alkanes) is 1. The maximum absolute atomic E-state index is 4.59. The molecule has 0 aromatic carbocycles. The minimum Gasteiger partial charge on any atom is -1.00 e. The third kappa shape index (κ3) is 10.8. The minimum atomic E-state index is 0. The predicted molar refractivity (Wildman–Crippen MR) is 20.9 cm³/mol. The average molecular weight is 164 g/mol. The van der Waals surface area contributed by atoms with Crippen LogP contribution in [0.2, 0.25) is 0 Å². The quantitative estimate of drug-likeness (QED) is 0.355. The van der Waals surface area contributed by atoms with Gasteiger partial charge in [-0.15, -0.1) is 0 Å². The van der Waals surface area contributed by atoms with Gasteiger partial charge in [-0.1, -0.05) is 0 Å². The fraction of sp³-hybridized carbons (Fsp3) is 1.00. The summed E-state index contributed by atoms with van der Waals surface area (Å²) in [4.78, 5) is 0. The van der Waals surface area contributed by atoms with Crippen LogP contribution in [0, 0.1) is 0 Å². The van der Waals surface area contributed by atoms with Crippen molar-refractivity contribution in [1.29, 1.82) is 0 Å². The number of halogens is 1. The van der Waals surface area contributed by atoms with E-state index in [-0.39, 0.29) is 12.4 Å². The molecule has 0 aliphatic carbocycles. The number of hydrogen-bond donors (Lipinski definition) is 0. The molecule has 0 aliphatic heterocycles. The topological polar surface area (TPSA) is 9.23 Å². The molecule has 0 unspecified atom stereocenters. The first-order chi connectivity index (χ1) is 2.91. The van der Waals surface area contributed by atoms with E-state index >= 15 is 0 Å². The number of rotatable bonds is 3. The van der Waals surface area contributed by atoms with E-state index in [1.165, 1.54) is 6.42 Å². The molecule has 0 fully saturated rings. The van der Waals surface area contributed by atoms with Gasteiger partial charge in [0, 0.05) is 0 Å². The summed E-state index contributed by atoms with van der Waals surface area (Å²) in [5, 5.41) is 0. The molecule has 45 valence electrons. The van der Waals surface area contributed by atoms with Crippen molar-refractivity contribution in [1.82, 2.24) is 0 Å². The zero-order valence-electron chi connectivity index (χ0n) is 4.29. The minimum absolute atomic E-state index is 0. The Morgan fingerprint density at radius 3 is 2.29 bits per heavy atom. The van der Waals surface area contributed by atoms with Gasteiger partial charge in [0.25, 0.3) is 0 Å². The van der Waals surface area contributed by atoms with Crippen LogP contribution < -0.4 is 12.4 Å². The Hall–Kier alpha value is 0.769. The number of hydrogen-bond acceptors (Lipinski definition) is 1. The molecule has 0 radical (unpaired) electrons. The largest absolute Gasteiger partial charge is 1.00 e. The molecule has 7 heavy (non-hydrogen) atoms. The molecule has 0 aromatic heterocycles. The van der Waals surface area contributed by atoms with Crippen LogP contribution in [0.25, 0.3) is 0 Å². The molecule has 0 rings (SSSR count). The Kier molecular flexibility index (Phi) is 15.1. The van der Waals surface area contributed by atoms with Gasteiger partial charge in [0.2, 0.25) is 0 Å². The van der Waals surface area contributed by atoms with Gasteiger partial charge in [0.1, 0.15) is 0 Å². The third-order valence-corrected chi connectivity index (χ3v) is 0.816. The van der Waals surface area contributed by atoms with Gasteiger partial charge < -0.3 is 12.4 Å². The van der Waals surface area contributed by atoms with Crippen LogP contribution in [0.5, 0.6) is 0 Å². The second kappa shape index (κ2) is 9.91. The summed E-state index contributed by atoms with van der Waals surface area (Å²) in [5.41, 5.74) is 0. The second-order valence-electron chi connectivity index (χ2n) is 1.17. The van der Waals surface area contributed by atoms with Gasteiger partial charge in [0.15, 0.2) is 0 Å². The summed E-state index contributed by atoms with van der Waals surface area (Å²) >= 11 is 2.85. The first kappa shape index (κ1) is 10.7. The van der Waals surface area contributed by atoms with Gasteiger partial charge in [0.05, 0.1) is 0 Å². The van der Waals surface area contributed by atoms with Crippen LogP contribution >= 0.6 is 0 Å². The van der Waals surface area contributed by atoms with Crippen molar-refractivity contribution in [2.24, 2.45) is 0 Å². The van der Waals surface area contributed by atoms with E-state index in [2.05, 4.69) is 27.1 Å². The molecule has 0 heterocycles. The van der Waals surface area contributed by atoms with Crippen molar-refractivity contribution in [3.63, 3.8) is 0 Å². The van der Waals surface area contributed by atoms with Gasteiger partial charge >= 0.3 is 46.5 Å². The van der Waals surface area contributed by atoms with Crippen LogP contribution in [0.3, 0.4) is 0 Å². The Labute approximate surface area is 59.4 Å². The average Bonchev–Trinajstić information content (AvgIpc) is 1.61. The zero-order valence-corrected chi connectivity index (χ0v) is 6.22. The van der Waals surface area contributed by atoms with Gasteiger partial charge in [-0.2, -0.15) is 0 Å². The Bertz CT molecular complexity index is 23.7. The molecular weight excluding hydrogens is 154 g/mol. The van der Waals surface area contributed by atoms with Crippen LogP contribution in [-0.4, -0.2) is 6.61 Å². The van der Waals surface area contributed by atoms with E-state index in [9.17, 15) is 0 Å². The van der Waals surface area contributed by atoms with E-state index in [1.54, 1.807) is 0 Å². The van der Waals surface area contributed by atoms with Gasteiger partial charge in [-0.3, -0.25) is 0 Å². The summed E-state index contributed by atoms with van der Waals surface area (Å²) in [6.45, 7) is 2.96. The van der Waals surface area contributed by atoms with Crippen molar-refractivity contribution >= 4 is 0 Å². The van der Waals surface area contributed by atoms with E-state index in [0.29, 0.717) is 0 Å². The smallest absolute Gasteiger partial charge is 1.00 e. The van der Waals surface area contributed by atoms with Crippen LogP contribution in [0.1, 0.15) is 19.8 Å². The predicted octanol–water partition coefficient (Wildman–Crippen LogP) is -1.73. The van der Waals surface area contributed by atoms with Gasteiger partial charge in [-0.05, 0) is 0 Å². The summed E-state index contributed by atoms with van der Waals surface area (Å²) < 4.78 is 4.59. The van der Waals surface area contributed by atoms with E-state index in [1.807, 2.05) is 0 Å². The molecule has 0 atom stereocenters. The SMILES string of the molecule is CCCC[O][Mn+].[Cl-]. The van der Waals surface area contributed by atoms with E-state index < -0.39 is 0 Å². The molecular formula is C4H9ClMnO. The first-order valence-corrected chi connectivity index (χ1v) is 2.63. The van der Waals surface area contributed by atoms with Crippen molar-refractivity contribution in [2.45, 2.75) is 19.8 Å². The molecule has 3 heteroatoms. The maximum Gasteiger partial charge on any atom is -1.00 e. The van der Waals surface area contributed by atoms with Crippen molar-refractivity contribution < 1.29 is 32.6 Å². The Morgan fingerprint density at radius 2 is 2.14 bits per heavy atom. The first-order valence-electron chi connectivity index (χ1n) is 2.15. The van der Waals surface area contributed by atoms with Crippen LogP contribution in [-0.2, 0) is 20.2 Å². The van der Waals surface area contributed by atoms with Crippen LogP contribution in [0.4, 0.5) is 0 Å². The fourth-order valence-corrected chi connectivity index (χ4v) is 0.369. The fourth-order valence-electron chi connectivity index (χ4n) is 0.199. The standard InChI is InChI=1S/C4H9O.ClH.Mn/c1-2-3-4-5;;/h2-4H2,1H3;1H;/q-1;;+2/p-1. The molecule has 0 aliphatic rings. The van der Waals surface area contributed by atoms with E-state index in [4.69, 9.17) is 0 Å². The monoisotopic (exact) mass is 163 g/mol. The molecule has 0 saturated carbocycles. The molecule has 0 aromatic rings. The van der Waals surface area contributed by atoms with Crippen molar-refractivity contribution in [2.75, 3.05) is 6.61 Å². The van der Waals surface area contributed by atoms with E-state index in [0.717, 1.165) is 13.0 Å². The molecule has 0 spiro atoms. The Balaban J connectivity index is 0. The Morgan fingerprint density at radius 1 is 1.57 bits per heavy atom. The summed E-state index contributed by atoms with van der Waals surface area (Å²) in [7, 11) is 0. The molecule has 0 saturated heterocycles. The molecule has 1 nitrogen and oxygen atoms in total. The second-order valence-corrected chi connectivity index (χ2v) is 1.51. The van der Waals surface area contributed by atoms with Gasteiger partial charge in [-0.25, -0.2) is 0 Å². The molecule has 0 bridgehead atoms. The summed E-state index contributed by atoms with van der Waals surface area (Å²) in [6.07, 6.45) is 2.34. The normalized spacial score (nSPS) is 7.57. The summed E-state index contributed by atoms with van der Waals surface area (Å²) in [6, 6.07) is 0. The molecule has 0 N–H and O–H groups in total. The van der Waals surface area contributed by atoms with Crippen molar-refractivity contribution in [3.05, 3.63) is 0 Å².